The summed E-state index contributed by atoms with van der Waals surface area (Å²) in [6.07, 6.45) is 0.785. The van der Waals surface area contributed by atoms with E-state index < -0.39 is 0 Å². The van der Waals surface area contributed by atoms with E-state index in [1.165, 1.54) is 0 Å². The van der Waals surface area contributed by atoms with Crippen molar-refractivity contribution in [1.29, 1.82) is 0 Å². The molecule has 0 saturated heterocycles. The van der Waals surface area contributed by atoms with Crippen LogP contribution in [-0.4, -0.2) is 11.6 Å². The first-order valence-corrected chi connectivity index (χ1v) is 9.11. The zero-order valence-corrected chi connectivity index (χ0v) is 15.6. The highest BCUT2D eigenvalue weighted by molar-refractivity contribution is 6.30. The van der Waals surface area contributed by atoms with Gasteiger partial charge in [0.1, 0.15) is 18.1 Å². The molecular weight excluding hydrogens is 350 g/mol. The fourth-order valence-corrected chi connectivity index (χ4v) is 3.83. The maximum absolute atomic E-state index is 11.8. The molecular formula is C21H20ClNO3. The Kier molecular flexibility index (Phi) is 4.47. The number of nitrogens with zero attached hydrogens (tertiary/aromatic N) is 1. The Morgan fingerprint density at radius 2 is 2.08 bits per heavy atom. The topological polar surface area (TPSA) is 42.7 Å². The van der Waals surface area contributed by atoms with E-state index in [2.05, 4.69) is 17.0 Å². The molecule has 3 aromatic rings. The van der Waals surface area contributed by atoms with Gasteiger partial charge in [-0.15, -0.1) is 0 Å². The first-order valence-electron chi connectivity index (χ1n) is 8.74. The van der Waals surface area contributed by atoms with Crippen molar-refractivity contribution in [1.82, 2.24) is 4.90 Å². The molecule has 0 bridgehead atoms. The standard InChI is InChI=1S/C21H20ClNO3/c1-3-15-9-19(24)26-21-13(2)20-16(8-18(15)21)11-23(12-25-20)10-14-5-4-6-17(22)7-14/h4-9H,3,10-12H2,1-2H3. The van der Waals surface area contributed by atoms with E-state index in [0.717, 1.165) is 57.9 Å². The lowest BCUT2D eigenvalue weighted by Gasteiger charge is -2.30. The van der Waals surface area contributed by atoms with Crippen LogP contribution in [0.1, 0.15) is 29.2 Å². The molecule has 0 spiro atoms. The summed E-state index contributed by atoms with van der Waals surface area (Å²) in [6, 6.07) is 11.6. The van der Waals surface area contributed by atoms with Gasteiger partial charge in [-0.05, 0) is 42.7 Å². The number of hydrogen-bond acceptors (Lipinski definition) is 4. The lowest BCUT2D eigenvalue weighted by Crippen LogP contribution is -2.32. The molecule has 134 valence electrons. The summed E-state index contributed by atoms with van der Waals surface area (Å²) < 4.78 is 11.5. The Hall–Kier alpha value is -2.30. The van der Waals surface area contributed by atoms with Crippen LogP contribution in [-0.2, 0) is 19.5 Å². The van der Waals surface area contributed by atoms with Crippen LogP contribution < -0.4 is 10.4 Å². The van der Waals surface area contributed by atoms with Gasteiger partial charge in [-0.3, -0.25) is 4.90 Å². The SMILES string of the molecule is CCc1cc(=O)oc2c(C)c3c(cc12)CN(Cc1cccc(Cl)c1)CO3. The Morgan fingerprint density at radius 3 is 2.85 bits per heavy atom. The van der Waals surface area contributed by atoms with Crippen LogP contribution in [0, 0.1) is 6.92 Å². The van der Waals surface area contributed by atoms with Gasteiger partial charge in [-0.25, -0.2) is 4.79 Å². The van der Waals surface area contributed by atoms with Crippen LogP contribution in [0.2, 0.25) is 5.02 Å². The van der Waals surface area contributed by atoms with Gasteiger partial charge in [0.2, 0.25) is 0 Å². The van der Waals surface area contributed by atoms with Gasteiger partial charge in [0.15, 0.2) is 0 Å². The first-order chi connectivity index (χ1) is 12.5. The predicted molar refractivity (Wildman–Crippen MR) is 103 cm³/mol. The van der Waals surface area contributed by atoms with Crippen LogP contribution in [0.25, 0.3) is 11.0 Å². The summed E-state index contributed by atoms with van der Waals surface area (Å²) in [7, 11) is 0. The first kappa shape index (κ1) is 17.1. The second-order valence-corrected chi connectivity index (χ2v) is 7.14. The van der Waals surface area contributed by atoms with E-state index in [9.17, 15) is 4.79 Å². The minimum atomic E-state index is -0.309. The molecule has 5 heteroatoms. The summed E-state index contributed by atoms with van der Waals surface area (Å²) >= 11 is 6.09. The molecule has 2 aromatic carbocycles. The molecule has 0 radical (unpaired) electrons. The van der Waals surface area contributed by atoms with Crippen molar-refractivity contribution < 1.29 is 9.15 Å². The highest BCUT2D eigenvalue weighted by Crippen LogP contribution is 2.36. The highest BCUT2D eigenvalue weighted by Gasteiger charge is 2.23. The van der Waals surface area contributed by atoms with Crippen molar-refractivity contribution in [2.24, 2.45) is 0 Å². The Labute approximate surface area is 156 Å². The van der Waals surface area contributed by atoms with E-state index in [-0.39, 0.29) is 5.63 Å². The van der Waals surface area contributed by atoms with Crippen molar-refractivity contribution in [3.8, 4) is 5.75 Å². The lowest BCUT2D eigenvalue weighted by atomic mass is 9.99. The van der Waals surface area contributed by atoms with Crippen LogP contribution in [0.3, 0.4) is 0 Å². The van der Waals surface area contributed by atoms with E-state index in [4.69, 9.17) is 20.8 Å². The molecule has 2 heterocycles. The Bertz CT molecular complexity index is 1040. The monoisotopic (exact) mass is 369 g/mol. The van der Waals surface area contributed by atoms with E-state index in [1.54, 1.807) is 6.07 Å². The predicted octanol–water partition coefficient (Wildman–Crippen LogP) is 4.67. The van der Waals surface area contributed by atoms with E-state index in [1.807, 2.05) is 32.0 Å². The normalized spacial score (nSPS) is 14.3. The molecule has 0 unspecified atom stereocenters. The molecule has 0 amide bonds. The summed E-state index contributed by atoms with van der Waals surface area (Å²) in [6.45, 7) is 6.03. The molecule has 0 saturated carbocycles. The van der Waals surface area contributed by atoms with Gasteiger partial charge in [-0.2, -0.15) is 0 Å². The molecule has 0 N–H and O–H groups in total. The summed E-state index contributed by atoms with van der Waals surface area (Å²) in [5, 5.41) is 1.74. The van der Waals surface area contributed by atoms with Crippen molar-refractivity contribution >= 4 is 22.6 Å². The van der Waals surface area contributed by atoms with Crippen molar-refractivity contribution in [2.45, 2.75) is 33.4 Å². The fourth-order valence-electron chi connectivity index (χ4n) is 3.62. The highest BCUT2D eigenvalue weighted by atomic mass is 35.5. The fraction of sp³-hybridized carbons (Fsp3) is 0.286. The van der Waals surface area contributed by atoms with Gasteiger partial charge in [0.25, 0.3) is 0 Å². The quantitative estimate of drug-likeness (QED) is 0.629. The number of aryl methyl sites for hydroxylation is 2. The number of benzene rings is 2. The third-order valence-electron chi connectivity index (χ3n) is 4.84. The summed E-state index contributed by atoms with van der Waals surface area (Å²) in [5.41, 5.74) is 4.50. The van der Waals surface area contributed by atoms with Gasteiger partial charge >= 0.3 is 5.63 Å². The molecule has 1 aliphatic rings. The smallest absolute Gasteiger partial charge is 0.336 e. The number of rotatable bonds is 3. The lowest BCUT2D eigenvalue weighted by molar-refractivity contribution is 0.0881. The van der Waals surface area contributed by atoms with Crippen LogP contribution in [0.15, 0.2) is 45.6 Å². The van der Waals surface area contributed by atoms with Crippen molar-refractivity contribution in [3.63, 3.8) is 0 Å². The van der Waals surface area contributed by atoms with Gasteiger partial charge in [0, 0.05) is 40.7 Å². The molecule has 0 atom stereocenters. The molecule has 1 aromatic heterocycles. The summed E-state index contributed by atoms with van der Waals surface area (Å²) in [4.78, 5) is 14.1. The molecule has 4 rings (SSSR count). The average molecular weight is 370 g/mol. The second-order valence-electron chi connectivity index (χ2n) is 6.70. The van der Waals surface area contributed by atoms with E-state index >= 15 is 0 Å². The molecule has 0 fully saturated rings. The zero-order valence-electron chi connectivity index (χ0n) is 14.8. The van der Waals surface area contributed by atoms with Gasteiger partial charge in [0.05, 0.1) is 0 Å². The maximum atomic E-state index is 11.8. The molecule has 4 nitrogen and oxygen atoms in total. The molecule has 0 aliphatic carbocycles. The Morgan fingerprint density at radius 1 is 1.23 bits per heavy atom. The summed E-state index contributed by atoms with van der Waals surface area (Å²) in [5.74, 6) is 0.830. The number of fused-ring (bicyclic) bond motifs is 2. The van der Waals surface area contributed by atoms with Gasteiger partial charge < -0.3 is 9.15 Å². The second kappa shape index (κ2) is 6.78. The Balaban J connectivity index is 1.71. The molecule has 26 heavy (non-hydrogen) atoms. The van der Waals surface area contributed by atoms with Crippen LogP contribution >= 0.6 is 11.6 Å². The number of hydrogen-bond donors (Lipinski definition) is 0. The van der Waals surface area contributed by atoms with Crippen molar-refractivity contribution in [2.75, 3.05) is 6.73 Å². The third-order valence-corrected chi connectivity index (χ3v) is 5.07. The number of ether oxygens (including phenoxy) is 1. The minimum Gasteiger partial charge on any atom is -0.477 e. The minimum absolute atomic E-state index is 0.309. The molecule has 1 aliphatic heterocycles. The van der Waals surface area contributed by atoms with Crippen LogP contribution in [0.5, 0.6) is 5.75 Å². The average Bonchev–Trinajstić information content (AvgIpc) is 2.62. The maximum Gasteiger partial charge on any atom is 0.336 e. The number of halogens is 1. The van der Waals surface area contributed by atoms with E-state index in [0.29, 0.717) is 12.3 Å². The van der Waals surface area contributed by atoms with Crippen LogP contribution in [0.4, 0.5) is 0 Å². The third kappa shape index (κ3) is 3.11. The largest absolute Gasteiger partial charge is 0.477 e. The zero-order chi connectivity index (χ0) is 18.3. The van der Waals surface area contributed by atoms with Gasteiger partial charge in [-0.1, -0.05) is 30.7 Å². The van der Waals surface area contributed by atoms with Crippen molar-refractivity contribution in [3.05, 3.63) is 74.1 Å².